The Morgan fingerprint density at radius 1 is 0.967 bits per heavy atom. The van der Waals surface area contributed by atoms with Gasteiger partial charge < -0.3 is 4.98 Å². The highest BCUT2D eigenvalue weighted by Crippen LogP contribution is 2.31. The van der Waals surface area contributed by atoms with Crippen molar-refractivity contribution in [1.29, 1.82) is 0 Å². The molecule has 0 aliphatic heterocycles. The maximum Gasteiger partial charge on any atom is 0.161 e. The van der Waals surface area contributed by atoms with Gasteiger partial charge in [-0.3, -0.25) is 4.98 Å². The van der Waals surface area contributed by atoms with E-state index < -0.39 is 0 Å². The van der Waals surface area contributed by atoms with E-state index in [4.69, 9.17) is 4.98 Å². The van der Waals surface area contributed by atoms with Gasteiger partial charge in [0.1, 0.15) is 11.2 Å². The second-order valence-corrected chi connectivity index (χ2v) is 7.18. The number of aryl methyl sites for hydroxylation is 1. The Morgan fingerprint density at radius 3 is 2.80 bits per heavy atom. The molecule has 6 aromatic rings. The highest BCUT2D eigenvalue weighted by atomic mass is 15.4. The standard InChI is InChI=1S/C23H17N7/c1-2-30-21-11-14(5-8-20(21)28-29-30)17-12-26-23-18(17)13-25-22(27-23)16-6-7-19-15(10-16)4-3-9-24-19/h3-13H,2H2,1H3,(H,25,26,27). The molecule has 7 nitrogen and oxygen atoms in total. The summed E-state index contributed by atoms with van der Waals surface area (Å²) in [6, 6.07) is 16.2. The molecule has 0 fully saturated rings. The number of hydrogen-bond acceptors (Lipinski definition) is 5. The third-order valence-corrected chi connectivity index (χ3v) is 5.42. The lowest BCUT2D eigenvalue weighted by molar-refractivity contribution is 0.646. The summed E-state index contributed by atoms with van der Waals surface area (Å²) >= 11 is 0. The fourth-order valence-electron chi connectivity index (χ4n) is 3.87. The number of rotatable bonds is 3. The van der Waals surface area contributed by atoms with Crippen molar-refractivity contribution < 1.29 is 0 Å². The van der Waals surface area contributed by atoms with E-state index >= 15 is 0 Å². The van der Waals surface area contributed by atoms with E-state index in [0.29, 0.717) is 5.82 Å². The van der Waals surface area contributed by atoms with Crippen molar-refractivity contribution in [2.75, 3.05) is 0 Å². The van der Waals surface area contributed by atoms with Crippen molar-refractivity contribution in [1.82, 2.24) is 34.9 Å². The fourth-order valence-corrected chi connectivity index (χ4v) is 3.87. The first-order valence-electron chi connectivity index (χ1n) is 9.83. The third kappa shape index (κ3) is 2.56. The second-order valence-electron chi connectivity index (χ2n) is 7.18. The zero-order valence-electron chi connectivity index (χ0n) is 16.2. The number of pyridine rings is 1. The van der Waals surface area contributed by atoms with Gasteiger partial charge in [-0.15, -0.1) is 5.10 Å². The molecule has 4 heterocycles. The Labute approximate surface area is 171 Å². The Balaban J connectivity index is 1.45. The van der Waals surface area contributed by atoms with Gasteiger partial charge in [-0.1, -0.05) is 17.3 Å². The predicted molar refractivity (Wildman–Crippen MR) is 117 cm³/mol. The zero-order valence-corrected chi connectivity index (χ0v) is 16.2. The van der Waals surface area contributed by atoms with Crippen molar-refractivity contribution >= 4 is 33.0 Å². The normalized spacial score (nSPS) is 11.6. The van der Waals surface area contributed by atoms with Crippen molar-refractivity contribution in [3.63, 3.8) is 0 Å². The average molecular weight is 391 g/mol. The van der Waals surface area contributed by atoms with Crippen LogP contribution in [0.5, 0.6) is 0 Å². The molecule has 0 unspecified atom stereocenters. The Hall–Kier alpha value is -4.13. The van der Waals surface area contributed by atoms with Crippen LogP contribution in [0.1, 0.15) is 6.92 Å². The number of nitrogens with one attached hydrogen (secondary N) is 1. The van der Waals surface area contributed by atoms with Gasteiger partial charge in [0.15, 0.2) is 5.82 Å². The largest absolute Gasteiger partial charge is 0.345 e. The fraction of sp³-hybridized carbons (Fsp3) is 0.0870. The van der Waals surface area contributed by atoms with Gasteiger partial charge in [-0.25, -0.2) is 14.6 Å². The third-order valence-electron chi connectivity index (χ3n) is 5.42. The summed E-state index contributed by atoms with van der Waals surface area (Å²) < 4.78 is 1.90. The highest BCUT2D eigenvalue weighted by molar-refractivity contribution is 5.96. The minimum atomic E-state index is 0.686. The van der Waals surface area contributed by atoms with E-state index in [2.05, 4.69) is 50.4 Å². The molecule has 30 heavy (non-hydrogen) atoms. The Bertz CT molecular complexity index is 1540. The summed E-state index contributed by atoms with van der Waals surface area (Å²) in [5.41, 5.74) is 6.79. The summed E-state index contributed by atoms with van der Waals surface area (Å²) in [5.74, 6) is 0.686. The molecular formula is C23H17N7. The number of aromatic nitrogens is 7. The molecule has 1 N–H and O–H groups in total. The van der Waals surface area contributed by atoms with Gasteiger partial charge in [0, 0.05) is 47.0 Å². The van der Waals surface area contributed by atoms with Crippen LogP contribution in [-0.4, -0.2) is 34.9 Å². The average Bonchev–Trinajstić information content (AvgIpc) is 3.41. The van der Waals surface area contributed by atoms with Crippen LogP contribution < -0.4 is 0 Å². The molecule has 0 radical (unpaired) electrons. The molecule has 0 saturated heterocycles. The lowest BCUT2D eigenvalue weighted by atomic mass is 10.1. The zero-order chi connectivity index (χ0) is 20.1. The van der Waals surface area contributed by atoms with Gasteiger partial charge in [-0.2, -0.15) is 0 Å². The summed E-state index contributed by atoms with van der Waals surface area (Å²) in [5, 5.41) is 10.5. The van der Waals surface area contributed by atoms with E-state index in [9.17, 15) is 0 Å². The molecule has 0 saturated carbocycles. The van der Waals surface area contributed by atoms with Crippen LogP contribution in [0.3, 0.4) is 0 Å². The smallest absolute Gasteiger partial charge is 0.161 e. The van der Waals surface area contributed by atoms with Gasteiger partial charge in [-0.05, 0) is 48.9 Å². The van der Waals surface area contributed by atoms with Crippen LogP contribution in [0.4, 0.5) is 0 Å². The summed E-state index contributed by atoms with van der Waals surface area (Å²) in [6.07, 6.45) is 5.66. The van der Waals surface area contributed by atoms with Crippen molar-refractivity contribution in [3.05, 3.63) is 67.1 Å². The topological polar surface area (TPSA) is 85.2 Å². The van der Waals surface area contributed by atoms with Gasteiger partial charge in [0.2, 0.25) is 0 Å². The van der Waals surface area contributed by atoms with E-state index in [-0.39, 0.29) is 0 Å². The molecule has 2 aromatic carbocycles. The molecule has 0 amide bonds. The van der Waals surface area contributed by atoms with Crippen LogP contribution in [0.2, 0.25) is 0 Å². The molecule has 0 aliphatic carbocycles. The number of hydrogen-bond donors (Lipinski definition) is 1. The lowest BCUT2D eigenvalue weighted by Crippen LogP contribution is -1.95. The van der Waals surface area contributed by atoms with Crippen molar-refractivity contribution in [3.8, 4) is 22.5 Å². The molecule has 0 aliphatic rings. The van der Waals surface area contributed by atoms with Gasteiger partial charge in [0.25, 0.3) is 0 Å². The number of fused-ring (bicyclic) bond motifs is 3. The molecule has 4 aromatic heterocycles. The molecule has 0 atom stereocenters. The molecule has 6 rings (SSSR count). The summed E-state index contributed by atoms with van der Waals surface area (Å²) in [4.78, 5) is 17.1. The first-order valence-corrected chi connectivity index (χ1v) is 9.83. The van der Waals surface area contributed by atoms with Crippen LogP contribution in [-0.2, 0) is 6.54 Å². The van der Waals surface area contributed by atoms with Crippen LogP contribution >= 0.6 is 0 Å². The number of aromatic amines is 1. The first kappa shape index (κ1) is 16.8. The predicted octanol–water partition coefficient (Wildman–Crippen LogP) is 4.60. The van der Waals surface area contributed by atoms with Crippen LogP contribution in [0.25, 0.3) is 55.5 Å². The molecule has 0 spiro atoms. The molecule has 0 bridgehead atoms. The van der Waals surface area contributed by atoms with Gasteiger partial charge >= 0.3 is 0 Å². The quantitative estimate of drug-likeness (QED) is 0.476. The summed E-state index contributed by atoms with van der Waals surface area (Å²) in [7, 11) is 0. The Kier molecular flexibility index (Phi) is 3.61. The second kappa shape index (κ2) is 6.45. The molecule has 144 valence electrons. The maximum absolute atomic E-state index is 4.77. The summed E-state index contributed by atoms with van der Waals surface area (Å²) in [6.45, 7) is 2.84. The molecule has 7 heteroatoms. The highest BCUT2D eigenvalue weighted by Gasteiger charge is 2.12. The number of benzene rings is 2. The monoisotopic (exact) mass is 391 g/mol. The van der Waals surface area contributed by atoms with Crippen LogP contribution in [0, 0.1) is 0 Å². The SMILES string of the molecule is CCn1nnc2ccc(-c3c[nH]c4nc(-c5ccc6ncccc6c5)ncc34)cc21. The Morgan fingerprint density at radius 2 is 1.87 bits per heavy atom. The first-order chi connectivity index (χ1) is 14.8. The molecular weight excluding hydrogens is 374 g/mol. The number of nitrogens with zero attached hydrogens (tertiary/aromatic N) is 6. The van der Waals surface area contributed by atoms with E-state index in [1.54, 1.807) is 6.20 Å². The maximum atomic E-state index is 4.77. The van der Waals surface area contributed by atoms with E-state index in [1.165, 1.54) is 0 Å². The number of H-pyrrole nitrogens is 1. The van der Waals surface area contributed by atoms with E-state index in [1.807, 2.05) is 47.4 Å². The van der Waals surface area contributed by atoms with Crippen molar-refractivity contribution in [2.45, 2.75) is 13.5 Å². The minimum Gasteiger partial charge on any atom is -0.345 e. The minimum absolute atomic E-state index is 0.686. The van der Waals surface area contributed by atoms with Crippen molar-refractivity contribution in [2.24, 2.45) is 0 Å². The van der Waals surface area contributed by atoms with Gasteiger partial charge in [0.05, 0.1) is 11.0 Å². The van der Waals surface area contributed by atoms with Crippen LogP contribution in [0.15, 0.2) is 67.1 Å². The lowest BCUT2D eigenvalue weighted by Gasteiger charge is -2.04. The van der Waals surface area contributed by atoms with E-state index in [0.717, 1.165) is 56.2 Å².